The lowest BCUT2D eigenvalue weighted by Crippen LogP contribution is -2.32. The number of rotatable bonds is 5. The van der Waals surface area contributed by atoms with E-state index < -0.39 is 0 Å². The standard InChI is InChI=1S/C11H21N/c1-6-8-9(3)10(4)11(5)12-7-2/h6,8,10-12H,3,7H2,1-2,4-5H3/b8-6-. The van der Waals surface area contributed by atoms with Crippen LogP contribution in [-0.4, -0.2) is 12.6 Å². The quantitative estimate of drug-likeness (QED) is 0.621. The third-order valence-electron chi connectivity index (χ3n) is 2.24. The van der Waals surface area contributed by atoms with Crippen LogP contribution in [0.5, 0.6) is 0 Å². The first kappa shape index (κ1) is 11.4. The van der Waals surface area contributed by atoms with Crippen molar-refractivity contribution in [2.75, 3.05) is 6.54 Å². The van der Waals surface area contributed by atoms with Gasteiger partial charge in [0.05, 0.1) is 0 Å². The maximum Gasteiger partial charge on any atom is 0.0104 e. The average molecular weight is 167 g/mol. The Bertz CT molecular complexity index is 158. The van der Waals surface area contributed by atoms with E-state index in [0.29, 0.717) is 12.0 Å². The van der Waals surface area contributed by atoms with Crippen LogP contribution in [0.4, 0.5) is 0 Å². The van der Waals surface area contributed by atoms with Gasteiger partial charge in [-0.25, -0.2) is 0 Å². The summed E-state index contributed by atoms with van der Waals surface area (Å²) in [5, 5.41) is 3.39. The van der Waals surface area contributed by atoms with E-state index in [-0.39, 0.29) is 0 Å². The summed E-state index contributed by atoms with van der Waals surface area (Å²) in [6.45, 7) is 13.6. The molecule has 0 aliphatic carbocycles. The van der Waals surface area contributed by atoms with Crippen LogP contribution in [-0.2, 0) is 0 Å². The highest BCUT2D eigenvalue weighted by Crippen LogP contribution is 2.13. The van der Waals surface area contributed by atoms with Crippen molar-refractivity contribution in [2.24, 2.45) is 5.92 Å². The minimum absolute atomic E-state index is 0.513. The number of allylic oxidation sites excluding steroid dienone is 2. The van der Waals surface area contributed by atoms with Gasteiger partial charge < -0.3 is 5.32 Å². The Balaban J connectivity index is 3.99. The van der Waals surface area contributed by atoms with Crippen LogP contribution in [0, 0.1) is 5.92 Å². The highest BCUT2D eigenvalue weighted by molar-refractivity contribution is 5.17. The molecule has 2 unspecified atom stereocenters. The summed E-state index contributed by atoms with van der Waals surface area (Å²) in [6, 6.07) is 0.513. The zero-order chi connectivity index (χ0) is 9.56. The van der Waals surface area contributed by atoms with Crippen LogP contribution in [0.25, 0.3) is 0 Å². The van der Waals surface area contributed by atoms with Crippen LogP contribution in [0.1, 0.15) is 27.7 Å². The van der Waals surface area contributed by atoms with Gasteiger partial charge in [0, 0.05) is 6.04 Å². The first-order valence-corrected chi connectivity index (χ1v) is 4.68. The monoisotopic (exact) mass is 167 g/mol. The molecule has 0 aliphatic rings. The molecule has 2 atom stereocenters. The molecular weight excluding hydrogens is 146 g/mol. The fraction of sp³-hybridized carbons (Fsp3) is 0.636. The maximum absolute atomic E-state index is 4.02. The second kappa shape index (κ2) is 6.01. The van der Waals surface area contributed by atoms with E-state index in [4.69, 9.17) is 0 Å². The average Bonchev–Trinajstić information content (AvgIpc) is 2.04. The Labute approximate surface area is 76.6 Å². The van der Waals surface area contributed by atoms with E-state index in [0.717, 1.165) is 6.54 Å². The molecule has 0 spiro atoms. The number of hydrogen-bond acceptors (Lipinski definition) is 1. The summed E-state index contributed by atoms with van der Waals surface area (Å²) < 4.78 is 0. The molecule has 0 saturated carbocycles. The van der Waals surface area contributed by atoms with E-state index in [1.165, 1.54) is 5.57 Å². The molecule has 0 aliphatic heterocycles. The lowest BCUT2D eigenvalue weighted by molar-refractivity contribution is 0.461. The second-order valence-corrected chi connectivity index (χ2v) is 3.21. The van der Waals surface area contributed by atoms with Crippen molar-refractivity contribution in [1.82, 2.24) is 5.32 Å². The fourth-order valence-corrected chi connectivity index (χ4v) is 1.19. The molecule has 0 aromatic heterocycles. The normalized spacial score (nSPS) is 16.3. The van der Waals surface area contributed by atoms with Gasteiger partial charge in [-0.2, -0.15) is 0 Å². The van der Waals surface area contributed by atoms with Gasteiger partial charge >= 0.3 is 0 Å². The topological polar surface area (TPSA) is 12.0 Å². The van der Waals surface area contributed by atoms with Crippen molar-refractivity contribution >= 4 is 0 Å². The molecule has 0 fully saturated rings. The van der Waals surface area contributed by atoms with E-state index in [2.05, 4.69) is 38.7 Å². The van der Waals surface area contributed by atoms with Crippen molar-refractivity contribution in [3.8, 4) is 0 Å². The largest absolute Gasteiger partial charge is 0.314 e. The van der Waals surface area contributed by atoms with Crippen molar-refractivity contribution in [3.63, 3.8) is 0 Å². The minimum atomic E-state index is 0.513. The summed E-state index contributed by atoms with van der Waals surface area (Å²) >= 11 is 0. The van der Waals surface area contributed by atoms with E-state index in [9.17, 15) is 0 Å². The Hall–Kier alpha value is -0.560. The fourth-order valence-electron chi connectivity index (χ4n) is 1.19. The van der Waals surface area contributed by atoms with Crippen LogP contribution in [0.3, 0.4) is 0 Å². The summed E-state index contributed by atoms with van der Waals surface area (Å²) in [5.74, 6) is 0.515. The van der Waals surface area contributed by atoms with Crippen molar-refractivity contribution in [3.05, 3.63) is 24.3 Å². The first-order chi connectivity index (χ1) is 5.63. The minimum Gasteiger partial charge on any atom is -0.314 e. The Kier molecular flexibility index (Phi) is 5.73. The lowest BCUT2D eigenvalue weighted by atomic mass is 9.95. The predicted octanol–water partition coefficient (Wildman–Crippen LogP) is 2.75. The molecule has 70 valence electrons. The van der Waals surface area contributed by atoms with Crippen LogP contribution in [0.2, 0.25) is 0 Å². The lowest BCUT2D eigenvalue weighted by Gasteiger charge is -2.20. The first-order valence-electron chi connectivity index (χ1n) is 4.68. The number of nitrogens with one attached hydrogen (secondary N) is 1. The molecule has 12 heavy (non-hydrogen) atoms. The van der Waals surface area contributed by atoms with Gasteiger partial charge in [0.2, 0.25) is 0 Å². The molecule has 0 aromatic carbocycles. The second-order valence-electron chi connectivity index (χ2n) is 3.21. The molecule has 0 aromatic rings. The van der Waals surface area contributed by atoms with Crippen molar-refractivity contribution in [2.45, 2.75) is 33.7 Å². The number of hydrogen-bond donors (Lipinski definition) is 1. The van der Waals surface area contributed by atoms with Crippen molar-refractivity contribution < 1.29 is 0 Å². The van der Waals surface area contributed by atoms with E-state index in [1.807, 2.05) is 13.0 Å². The van der Waals surface area contributed by atoms with Crippen LogP contribution >= 0.6 is 0 Å². The molecule has 0 heterocycles. The summed E-state index contributed by atoms with van der Waals surface area (Å²) in [6.07, 6.45) is 4.12. The highest BCUT2D eigenvalue weighted by atomic mass is 14.9. The smallest absolute Gasteiger partial charge is 0.0104 e. The van der Waals surface area contributed by atoms with Gasteiger partial charge in [0.25, 0.3) is 0 Å². The molecule has 0 rings (SSSR count). The van der Waals surface area contributed by atoms with Gasteiger partial charge in [-0.15, -0.1) is 0 Å². The zero-order valence-electron chi connectivity index (χ0n) is 8.72. The predicted molar refractivity (Wildman–Crippen MR) is 56.3 cm³/mol. The maximum atomic E-state index is 4.02. The molecular formula is C11H21N. The Morgan fingerprint density at radius 2 is 2.08 bits per heavy atom. The third-order valence-corrected chi connectivity index (χ3v) is 2.24. The summed E-state index contributed by atoms with van der Waals surface area (Å²) in [7, 11) is 0. The summed E-state index contributed by atoms with van der Waals surface area (Å²) in [4.78, 5) is 0. The molecule has 1 N–H and O–H groups in total. The highest BCUT2D eigenvalue weighted by Gasteiger charge is 2.11. The molecule has 0 bridgehead atoms. The van der Waals surface area contributed by atoms with E-state index in [1.54, 1.807) is 0 Å². The van der Waals surface area contributed by atoms with Gasteiger partial charge in [0.1, 0.15) is 0 Å². The van der Waals surface area contributed by atoms with Crippen LogP contribution in [0.15, 0.2) is 24.3 Å². The van der Waals surface area contributed by atoms with Gasteiger partial charge in [-0.1, -0.05) is 38.2 Å². The zero-order valence-corrected chi connectivity index (χ0v) is 8.72. The van der Waals surface area contributed by atoms with E-state index >= 15 is 0 Å². The Morgan fingerprint density at radius 3 is 2.50 bits per heavy atom. The van der Waals surface area contributed by atoms with Crippen LogP contribution < -0.4 is 5.32 Å². The van der Waals surface area contributed by atoms with Crippen molar-refractivity contribution in [1.29, 1.82) is 0 Å². The van der Waals surface area contributed by atoms with Gasteiger partial charge in [-0.05, 0) is 26.3 Å². The third kappa shape index (κ3) is 3.72. The molecule has 1 heteroatoms. The van der Waals surface area contributed by atoms with Gasteiger partial charge in [-0.3, -0.25) is 0 Å². The SMILES string of the molecule is C=C(/C=C\C)C(C)C(C)NCC. The molecule has 0 radical (unpaired) electrons. The molecule has 0 amide bonds. The molecule has 0 saturated heterocycles. The van der Waals surface area contributed by atoms with Gasteiger partial charge in [0.15, 0.2) is 0 Å². The molecule has 1 nitrogen and oxygen atoms in total. The Morgan fingerprint density at radius 1 is 1.50 bits per heavy atom. The summed E-state index contributed by atoms with van der Waals surface area (Å²) in [5.41, 5.74) is 1.20.